The van der Waals surface area contributed by atoms with E-state index < -0.39 is 23.3 Å². The van der Waals surface area contributed by atoms with Crippen molar-refractivity contribution in [2.45, 2.75) is 44.9 Å². The molecule has 8 heteroatoms. The molecule has 0 bridgehead atoms. The molecular weight excluding hydrogens is 363 g/mol. The number of para-hydroxylation sites is 1. The highest BCUT2D eigenvalue weighted by molar-refractivity contribution is 5.79. The summed E-state index contributed by atoms with van der Waals surface area (Å²) >= 11 is 0. The summed E-state index contributed by atoms with van der Waals surface area (Å²) in [7, 11) is 0. The van der Waals surface area contributed by atoms with Crippen LogP contribution in [0.3, 0.4) is 0 Å². The Balaban J connectivity index is 2.10. The lowest BCUT2D eigenvalue weighted by Gasteiger charge is -2.27. The van der Waals surface area contributed by atoms with Gasteiger partial charge in [0.15, 0.2) is 5.75 Å². The molecule has 2 aromatic rings. The fourth-order valence-corrected chi connectivity index (χ4v) is 2.20. The maximum atomic E-state index is 12.6. The molecule has 0 fully saturated rings. The lowest BCUT2D eigenvalue weighted by molar-refractivity contribution is -0.230. The largest absolute Gasteiger partial charge is 0.459 e. The quantitative estimate of drug-likeness (QED) is 0.476. The number of halogens is 3. The second kappa shape index (κ2) is 8.75. The van der Waals surface area contributed by atoms with E-state index in [0.29, 0.717) is 18.4 Å². The molecule has 0 amide bonds. The van der Waals surface area contributed by atoms with Crippen molar-refractivity contribution in [1.29, 1.82) is 0 Å². The number of pyridine rings is 1. The Morgan fingerprint density at radius 1 is 1.11 bits per heavy atom. The monoisotopic (exact) mass is 383 g/mol. The standard InChI is InChI=1S/C19H20F3NO4/c1-3-4-12-18(2,17(24)27-26-15-8-6-5-7-9-15)25-16-11-10-14(13-23-16)19(20,21)22/h5-11,13H,3-4,12H2,1-2H3. The third-order valence-corrected chi connectivity index (χ3v) is 3.79. The Kier molecular flexibility index (Phi) is 6.65. The van der Waals surface area contributed by atoms with E-state index in [9.17, 15) is 18.0 Å². The predicted molar refractivity (Wildman–Crippen MR) is 91.0 cm³/mol. The van der Waals surface area contributed by atoms with Crippen molar-refractivity contribution in [2.24, 2.45) is 0 Å². The molecule has 0 saturated carbocycles. The molecule has 1 unspecified atom stereocenters. The first-order valence-corrected chi connectivity index (χ1v) is 8.41. The zero-order chi connectivity index (χ0) is 19.9. The van der Waals surface area contributed by atoms with Gasteiger partial charge < -0.3 is 4.74 Å². The Bertz CT molecular complexity index is 735. The van der Waals surface area contributed by atoms with Crippen LogP contribution < -0.4 is 9.62 Å². The second-order valence-electron chi connectivity index (χ2n) is 6.09. The van der Waals surface area contributed by atoms with Gasteiger partial charge in [-0.3, -0.25) is 4.89 Å². The lowest BCUT2D eigenvalue weighted by Crippen LogP contribution is -2.43. The van der Waals surface area contributed by atoms with Gasteiger partial charge in [0.25, 0.3) is 0 Å². The van der Waals surface area contributed by atoms with E-state index in [-0.39, 0.29) is 12.3 Å². The second-order valence-corrected chi connectivity index (χ2v) is 6.09. The molecule has 1 heterocycles. The maximum absolute atomic E-state index is 12.6. The van der Waals surface area contributed by atoms with E-state index in [1.165, 1.54) is 6.92 Å². The van der Waals surface area contributed by atoms with E-state index in [1.54, 1.807) is 30.3 Å². The van der Waals surface area contributed by atoms with Crippen LogP contribution in [0.15, 0.2) is 48.7 Å². The number of nitrogens with zero attached hydrogens (tertiary/aromatic N) is 1. The van der Waals surface area contributed by atoms with Gasteiger partial charge >= 0.3 is 12.1 Å². The molecule has 0 radical (unpaired) electrons. The van der Waals surface area contributed by atoms with E-state index in [4.69, 9.17) is 14.5 Å². The number of alkyl halides is 3. The van der Waals surface area contributed by atoms with Gasteiger partial charge in [0.1, 0.15) is 0 Å². The number of carbonyl (C=O) groups is 1. The number of hydrogen-bond donors (Lipinski definition) is 0. The van der Waals surface area contributed by atoms with Crippen molar-refractivity contribution in [3.05, 3.63) is 54.2 Å². The molecule has 0 spiro atoms. The summed E-state index contributed by atoms with van der Waals surface area (Å²) in [5.74, 6) is -0.587. The number of ether oxygens (including phenoxy) is 1. The predicted octanol–water partition coefficient (Wildman–Crippen LogP) is 4.97. The van der Waals surface area contributed by atoms with E-state index >= 15 is 0 Å². The molecule has 0 aliphatic carbocycles. The summed E-state index contributed by atoms with van der Waals surface area (Å²) in [5.41, 5.74) is -2.36. The van der Waals surface area contributed by atoms with Gasteiger partial charge in [-0.2, -0.15) is 13.2 Å². The van der Waals surface area contributed by atoms with Gasteiger partial charge in [0.2, 0.25) is 11.5 Å². The summed E-state index contributed by atoms with van der Waals surface area (Å²) in [4.78, 5) is 26.0. The molecule has 0 aliphatic rings. The molecule has 0 aliphatic heterocycles. The molecular formula is C19H20F3NO4. The van der Waals surface area contributed by atoms with E-state index in [2.05, 4.69) is 4.98 Å². The summed E-state index contributed by atoms with van der Waals surface area (Å²) in [6.07, 6.45) is -2.14. The average molecular weight is 383 g/mol. The zero-order valence-corrected chi connectivity index (χ0v) is 15.0. The Hall–Kier alpha value is -2.77. The average Bonchev–Trinajstić information content (AvgIpc) is 2.65. The summed E-state index contributed by atoms with van der Waals surface area (Å²) in [6, 6.07) is 10.3. The molecule has 0 saturated heterocycles. The van der Waals surface area contributed by atoms with Gasteiger partial charge in [-0.1, -0.05) is 31.5 Å². The van der Waals surface area contributed by atoms with Crippen molar-refractivity contribution in [1.82, 2.24) is 4.98 Å². The van der Waals surface area contributed by atoms with Crippen molar-refractivity contribution < 1.29 is 32.5 Å². The third kappa shape index (κ3) is 5.87. The van der Waals surface area contributed by atoms with Gasteiger partial charge in [-0.15, -0.1) is 0 Å². The third-order valence-electron chi connectivity index (χ3n) is 3.79. The van der Waals surface area contributed by atoms with Crippen molar-refractivity contribution >= 4 is 5.97 Å². The highest BCUT2D eigenvalue weighted by Crippen LogP contribution is 2.30. The minimum atomic E-state index is -4.50. The number of rotatable bonds is 8. The lowest BCUT2D eigenvalue weighted by atomic mass is 9.99. The summed E-state index contributed by atoms with van der Waals surface area (Å²) in [5, 5.41) is 0. The van der Waals surface area contributed by atoms with Crippen molar-refractivity contribution in [3.8, 4) is 11.6 Å². The van der Waals surface area contributed by atoms with Crippen LogP contribution in [-0.2, 0) is 15.9 Å². The van der Waals surface area contributed by atoms with Crippen LogP contribution in [0.4, 0.5) is 13.2 Å². The van der Waals surface area contributed by atoms with Crippen LogP contribution in [-0.4, -0.2) is 16.6 Å². The highest BCUT2D eigenvalue weighted by Gasteiger charge is 2.39. The minimum Gasteiger partial charge on any atom is -0.459 e. The number of hydrogen-bond acceptors (Lipinski definition) is 5. The molecule has 27 heavy (non-hydrogen) atoms. The smallest absolute Gasteiger partial charge is 0.417 e. The van der Waals surface area contributed by atoms with Crippen molar-refractivity contribution in [3.63, 3.8) is 0 Å². The first-order chi connectivity index (χ1) is 12.7. The van der Waals surface area contributed by atoms with Gasteiger partial charge in [0, 0.05) is 12.3 Å². The molecule has 1 aromatic carbocycles. The Morgan fingerprint density at radius 2 is 1.81 bits per heavy atom. The fourth-order valence-electron chi connectivity index (χ4n) is 2.20. The van der Waals surface area contributed by atoms with Crippen LogP contribution in [0.25, 0.3) is 0 Å². The molecule has 2 rings (SSSR count). The first kappa shape index (κ1) is 20.5. The Morgan fingerprint density at radius 3 is 2.37 bits per heavy atom. The first-order valence-electron chi connectivity index (χ1n) is 8.41. The summed E-state index contributed by atoms with van der Waals surface area (Å²) in [6.45, 7) is 3.42. The van der Waals surface area contributed by atoms with Gasteiger partial charge in [-0.25, -0.2) is 14.7 Å². The molecule has 0 N–H and O–H groups in total. The van der Waals surface area contributed by atoms with Crippen LogP contribution in [0, 0.1) is 0 Å². The van der Waals surface area contributed by atoms with Crippen molar-refractivity contribution in [2.75, 3.05) is 0 Å². The van der Waals surface area contributed by atoms with Crippen LogP contribution in [0.2, 0.25) is 0 Å². The highest BCUT2D eigenvalue weighted by atomic mass is 19.4. The SMILES string of the molecule is CCCCC(C)(Oc1ccc(C(F)(F)F)cn1)C(=O)OOc1ccccc1. The van der Waals surface area contributed by atoms with Gasteiger partial charge in [0.05, 0.1) is 5.56 Å². The van der Waals surface area contributed by atoms with Gasteiger partial charge in [-0.05, 0) is 38.0 Å². The zero-order valence-electron chi connectivity index (χ0n) is 15.0. The molecule has 1 aromatic heterocycles. The molecule has 146 valence electrons. The maximum Gasteiger partial charge on any atom is 0.417 e. The summed E-state index contributed by atoms with van der Waals surface area (Å²) < 4.78 is 43.5. The minimum absolute atomic E-state index is 0.113. The van der Waals surface area contributed by atoms with Crippen LogP contribution in [0.5, 0.6) is 11.6 Å². The molecule has 1 atom stereocenters. The number of unbranched alkanes of at least 4 members (excludes halogenated alkanes) is 1. The number of aromatic nitrogens is 1. The Labute approximate surface area is 155 Å². The fraction of sp³-hybridized carbons (Fsp3) is 0.368. The number of benzene rings is 1. The van der Waals surface area contributed by atoms with E-state index in [0.717, 1.165) is 18.6 Å². The van der Waals surface area contributed by atoms with Crippen LogP contribution in [0.1, 0.15) is 38.7 Å². The normalized spacial score (nSPS) is 13.5. The molecule has 5 nitrogen and oxygen atoms in total. The number of carbonyl (C=O) groups excluding carboxylic acids is 1. The van der Waals surface area contributed by atoms with Crippen LogP contribution >= 0.6 is 0 Å². The topological polar surface area (TPSA) is 57.7 Å². The van der Waals surface area contributed by atoms with E-state index in [1.807, 2.05) is 6.92 Å².